The number of carbonyl (C=O) groups excluding carboxylic acids is 1. The van der Waals surface area contributed by atoms with Gasteiger partial charge in [0.15, 0.2) is 0 Å². The van der Waals surface area contributed by atoms with Gasteiger partial charge in [-0.1, -0.05) is 0 Å². The smallest absolute Gasteiger partial charge is 0.368 e. The first-order valence-corrected chi connectivity index (χ1v) is 11.0. The molecule has 0 spiro atoms. The molecule has 1 aromatic carbocycles. The van der Waals surface area contributed by atoms with Gasteiger partial charge >= 0.3 is 6.18 Å². The number of nitrogens with zero attached hydrogens (tertiary/aromatic N) is 2. The highest BCUT2D eigenvalue weighted by molar-refractivity contribution is 6.07. The third-order valence-corrected chi connectivity index (χ3v) is 6.14. The van der Waals surface area contributed by atoms with E-state index < -0.39 is 40.1 Å². The molecular weight excluding hydrogens is 482 g/mol. The Bertz CT molecular complexity index is 1390. The number of halogens is 4. The second-order valence-corrected chi connectivity index (χ2v) is 8.72. The molecule has 1 amide bonds. The summed E-state index contributed by atoms with van der Waals surface area (Å²) in [6, 6.07) is 5.60. The van der Waals surface area contributed by atoms with Crippen LogP contribution in [0.2, 0.25) is 0 Å². The van der Waals surface area contributed by atoms with Gasteiger partial charge in [-0.3, -0.25) is 14.4 Å². The van der Waals surface area contributed by atoms with E-state index in [1.54, 1.807) is 0 Å². The Morgan fingerprint density at radius 2 is 1.81 bits per heavy atom. The molecule has 1 atom stereocenters. The average Bonchev–Trinajstić information content (AvgIpc) is 3.30. The van der Waals surface area contributed by atoms with Gasteiger partial charge in [0, 0.05) is 54.8 Å². The first-order chi connectivity index (χ1) is 16.9. The molecule has 3 N–H and O–H groups in total. The molecule has 0 bridgehead atoms. The van der Waals surface area contributed by atoms with Gasteiger partial charge in [-0.05, 0) is 38.7 Å². The summed E-state index contributed by atoms with van der Waals surface area (Å²) < 4.78 is 55.8. The predicted octanol–water partition coefficient (Wildman–Crippen LogP) is 3.28. The molecule has 0 aliphatic carbocycles. The number of alkyl halides is 3. The number of aromatic nitrogens is 2. The van der Waals surface area contributed by atoms with E-state index in [2.05, 4.69) is 15.3 Å². The highest BCUT2D eigenvalue weighted by Crippen LogP contribution is 2.37. The second-order valence-electron chi connectivity index (χ2n) is 8.72. The number of amides is 1. The normalized spacial score (nSPS) is 16.0. The number of rotatable bonds is 5. The van der Waals surface area contributed by atoms with Crippen LogP contribution in [0.4, 0.5) is 28.9 Å². The van der Waals surface area contributed by atoms with E-state index in [-0.39, 0.29) is 17.3 Å². The van der Waals surface area contributed by atoms with Gasteiger partial charge < -0.3 is 25.1 Å². The Labute approximate surface area is 202 Å². The van der Waals surface area contributed by atoms with Crippen LogP contribution in [0.5, 0.6) is 0 Å². The summed E-state index contributed by atoms with van der Waals surface area (Å²) in [5, 5.41) is 2.47. The van der Waals surface area contributed by atoms with Crippen LogP contribution >= 0.6 is 0 Å². The summed E-state index contributed by atoms with van der Waals surface area (Å²) >= 11 is 0. The quantitative estimate of drug-likeness (QED) is 0.462. The van der Waals surface area contributed by atoms with Crippen molar-refractivity contribution in [3.8, 4) is 11.1 Å². The van der Waals surface area contributed by atoms with Crippen molar-refractivity contribution in [3.63, 3.8) is 0 Å². The molecular formula is C24H23F4N5O3. The van der Waals surface area contributed by atoms with Crippen LogP contribution in [0.25, 0.3) is 11.1 Å². The third kappa shape index (κ3) is 5.18. The fourth-order valence-electron chi connectivity index (χ4n) is 4.19. The molecule has 3 aromatic rings. The van der Waals surface area contributed by atoms with Crippen molar-refractivity contribution in [2.75, 3.05) is 37.4 Å². The lowest BCUT2D eigenvalue weighted by molar-refractivity contribution is -0.138. The topological polar surface area (TPSA) is 101 Å². The summed E-state index contributed by atoms with van der Waals surface area (Å²) in [5.41, 5.74) is -2.84. The van der Waals surface area contributed by atoms with E-state index in [0.717, 1.165) is 6.42 Å². The maximum absolute atomic E-state index is 15.2. The van der Waals surface area contributed by atoms with Gasteiger partial charge in [0.05, 0.1) is 22.5 Å². The Hall–Kier alpha value is -3.93. The van der Waals surface area contributed by atoms with Crippen molar-refractivity contribution in [1.29, 1.82) is 0 Å². The van der Waals surface area contributed by atoms with Gasteiger partial charge in [0.2, 0.25) is 11.1 Å². The number of carbonyl (C=O) groups is 1. The van der Waals surface area contributed by atoms with Gasteiger partial charge in [-0.15, -0.1) is 0 Å². The molecule has 1 aliphatic rings. The van der Waals surface area contributed by atoms with Crippen molar-refractivity contribution in [1.82, 2.24) is 14.9 Å². The lowest BCUT2D eigenvalue weighted by atomic mass is 10.0. The molecule has 8 nitrogen and oxygen atoms in total. The van der Waals surface area contributed by atoms with Crippen molar-refractivity contribution in [2.24, 2.45) is 0 Å². The van der Waals surface area contributed by atoms with Crippen LogP contribution in [-0.2, 0) is 6.18 Å². The zero-order valence-corrected chi connectivity index (χ0v) is 19.4. The van der Waals surface area contributed by atoms with Gasteiger partial charge in [-0.25, -0.2) is 4.39 Å². The molecule has 1 fully saturated rings. The highest BCUT2D eigenvalue weighted by atomic mass is 19.4. The average molecular weight is 505 g/mol. The lowest BCUT2D eigenvalue weighted by Gasteiger charge is -2.25. The van der Waals surface area contributed by atoms with E-state index >= 15 is 4.39 Å². The van der Waals surface area contributed by atoms with Crippen molar-refractivity contribution < 1.29 is 22.4 Å². The Balaban J connectivity index is 1.79. The number of nitrogens with one attached hydrogen (secondary N) is 3. The fraction of sp³-hybridized carbons (Fsp3) is 0.292. The Kier molecular flexibility index (Phi) is 6.72. The van der Waals surface area contributed by atoms with Gasteiger partial charge in [-0.2, -0.15) is 13.2 Å². The molecule has 3 heterocycles. The van der Waals surface area contributed by atoms with Crippen LogP contribution in [-0.4, -0.2) is 54.0 Å². The molecule has 0 radical (unpaired) electrons. The Morgan fingerprint density at radius 3 is 2.42 bits per heavy atom. The van der Waals surface area contributed by atoms with E-state index in [9.17, 15) is 27.6 Å². The molecule has 12 heteroatoms. The van der Waals surface area contributed by atoms with E-state index in [1.807, 2.05) is 23.9 Å². The largest absolute Gasteiger partial charge is 0.417 e. The number of hydrogen-bond acceptors (Lipinski definition) is 5. The number of aromatic amines is 2. The van der Waals surface area contributed by atoms with E-state index in [0.29, 0.717) is 36.6 Å². The van der Waals surface area contributed by atoms with E-state index in [4.69, 9.17) is 0 Å². The predicted molar refractivity (Wildman–Crippen MR) is 127 cm³/mol. The minimum Gasteiger partial charge on any atom is -0.368 e. The number of pyridine rings is 2. The minimum atomic E-state index is -4.94. The molecule has 36 heavy (non-hydrogen) atoms. The van der Waals surface area contributed by atoms with Crippen LogP contribution in [0.1, 0.15) is 22.3 Å². The monoisotopic (exact) mass is 505 g/mol. The van der Waals surface area contributed by atoms with E-state index in [1.165, 1.54) is 30.5 Å². The molecule has 2 aromatic heterocycles. The second kappa shape index (κ2) is 9.61. The number of anilines is 2. The molecule has 1 saturated heterocycles. The van der Waals surface area contributed by atoms with Gasteiger partial charge in [0.25, 0.3) is 5.91 Å². The van der Waals surface area contributed by atoms with Crippen LogP contribution in [0, 0.1) is 5.82 Å². The summed E-state index contributed by atoms with van der Waals surface area (Å²) in [6.45, 7) is 1.05. The maximum atomic E-state index is 15.2. The first-order valence-electron chi connectivity index (χ1n) is 11.0. The van der Waals surface area contributed by atoms with Crippen molar-refractivity contribution in [3.05, 3.63) is 80.4 Å². The summed E-state index contributed by atoms with van der Waals surface area (Å²) in [5.74, 6) is -1.76. The Morgan fingerprint density at radius 1 is 1.08 bits per heavy atom. The SMILES string of the molecule is CN(C)[C@H]1CCN(c2cc(F)c(-c3ccc(=O)[nH]c3)cc2NC(=O)c2c[nH]c(=O)cc2C(F)(F)F)C1. The molecule has 4 rings (SSSR count). The number of benzene rings is 1. The van der Waals surface area contributed by atoms with Gasteiger partial charge in [0.1, 0.15) is 5.82 Å². The van der Waals surface area contributed by atoms with Crippen LogP contribution in [0.3, 0.4) is 0 Å². The fourth-order valence-corrected chi connectivity index (χ4v) is 4.19. The molecule has 1 aliphatic heterocycles. The van der Waals surface area contributed by atoms with Crippen LogP contribution < -0.4 is 21.3 Å². The maximum Gasteiger partial charge on any atom is 0.417 e. The summed E-state index contributed by atoms with van der Waals surface area (Å²) in [6.07, 6.45) is -2.18. The lowest BCUT2D eigenvalue weighted by Crippen LogP contribution is -2.32. The summed E-state index contributed by atoms with van der Waals surface area (Å²) in [7, 11) is 3.82. The van der Waals surface area contributed by atoms with Crippen molar-refractivity contribution >= 4 is 17.3 Å². The first kappa shape index (κ1) is 25.2. The zero-order chi connectivity index (χ0) is 26.2. The summed E-state index contributed by atoms with van der Waals surface area (Å²) in [4.78, 5) is 44.3. The molecule has 0 unspecified atom stereocenters. The van der Waals surface area contributed by atoms with Crippen LogP contribution in [0.15, 0.2) is 52.3 Å². The molecule has 0 saturated carbocycles. The number of likely N-dealkylation sites (N-methyl/N-ethyl adjacent to an activating group) is 1. The highest BCUT2D eigenvalue weighted by Gasteiger charge is 2.36. The standard InChI is InChI=1S/C24H23F4N5O3/c1-32(2)14-5-6-33(12-14)20-9-18(25)15(13-3-4-21(34)29-10-13)7-19(20)31-23(36)16-11-30-22(35)8-17(16)24(26,27)28/h3-4,7-11,14H,5-6,12H2,1-2H3,(H,29,34)(H,30,35)(H,31,36)/t14-/m0/s1. The van der Waals surface area contributed by atoms with Crippen molar-refractivity contribution in [2.45, 2.75) is 18.6 Å². The molecule has 190 valence electrons. The zero-order valence-electron chi connectivity index (χ0n) is 19.4. The number of H-pyrrole nitrogens is 2. The number of hydrogen-bond donors (Lipinski definition) is 3. The minimum absolute atomic E-state index is 0.0335. The third-order valence-electron chi connectivity index (χ3n) is 6.14.